The minimum Gasteiger partial charge on any atom is -0.298 e. The number of benzene rings is 1. The maximum absolute atomic E-state index is 12.6. The van der Waals surface area contributed by atoms with E-state index in [1.54, 1.807) is 0 Å². The lowest BCUT2D eigenvalue weighted by molar-refractivity contribution is 0.170. The van der Waals surface area contributed by atoms with Gasteiger partial charge in [0.15, 0.2) is 0 Å². The van der Waals surface area contributed by atoms with E-state index in [1.807, 2.05) is 24.3 Å². The van der Waals surface area contributed by atoms with Crippen LogP contribution in [0.25, 0.3) is 10.2 Å². The van der Waals surface area contributed by atoms with E-state index in [4.69, 9.17) is 0 Å². The highest BCUT2D eigenvalue weighted by Gasteiger charge is 2.34. The van der Waals surface area contributed by atoms with Crippen LogP contribution in [0.4, 0.5) is 0 Å². The standard InChI is InChI=1S/C16H22N2O2S2/c1-16(2,3)18-9-8-12(10-18)11-22(19,20)15-17-13-6-4-5-7-14(13)21-15/h4-7,12H,8-11H2,1-3H3/t12-/m0/s1. The molecule has 1 fully saturated rings. The summed E-state index contributed by atoms with van der Waals surface area (Å²) in [7, 11) is -3.29. The van der Waals surface area contributed by atoms with Crippen molar-refractivity contribution in [1.82, 2.24) is 9.88 Å². The number of fused-ring (bicyclic) bond motifs is 1. The van der Waals surface area contributed by atoms with E-state index >= 15 is 0 Å². The highest BCUT2D eigenvalue weighted by Crippen LogP contribution is 2.30. The van der Waals surface area contributed by atoms with E-state index < -0.39 is 9.84 Å². The molecule has 0 aliphatic carbocycles. The van der Waals surface area contributed by atoms with Crippen LogP contribution in [-0.4, -0.2) is 42.7 Å². The van der Waals surface area contributed by atoms with E-state index in [9.17, 15) is 8.42 Å². The zero-order valence-corrected chi connectivity index (χ0v) is 14.9. The Balaban J connectivity index is 1.77. The fourth-order valence-electron chi connectivity index (χ4n) is 2.94. The molecule has 1 atom stereocenters. The molecule has 22 heavy (non-hydrogen) atoms. The minimum atomic E-state index is -3.29. The quantitative estimate of drug-likeness (QED) is 0.862. The zero-order valence-electron chi connectivity index (χ0n) is 13.2. The summed E-state index contributed by atoms with van der Waals surface area (Å²) in [6.45, 7) is 8.36. The van der Waals surface area contributed by atoms with Gasteiger partial charge in [-0.1, -0.05) is 12.1 Å². The average Bonchev–Trinajstić information content (AvgIpc) is 3.03. The molecule has 1 saturated heterocycles. The van der Waals surface area contributed by atoms with Gasteiger partial charge in [0.2, 0.25) is 14.2 Å². The van der Waals surface area contributed by atoms with Crippen molar-refractivity contribution in [2.75, 3.05) is 18.8 Å². The number of rotatable bonds is 3. The number of nitrogens with zero attached hydrogens (tertiary/aromatic N) is 2. The van der Waals surface area contributed by atoms with Crippen LogP contribution >= 0.6 is 11.3 Å². The van der Waals surface area contributed by atoms with E-state index in [1.165, 1.54) is 11.3 Å². The Morgan fingerprint density at radius 1 is 1.32 bits per heavy atom. The van der Waals surface area contributed by atoms with Crippen LogP contribution in [0.15, 0.2) is 28.6 Å². The van der Waals surface area contributed by atoms with Crippen LogP contribution in [0.3, 0.4) is 0 Å². The van der Waals surface area contributed by atoms with Gasteiger partial charge >= 0.3 is 0 Å². The third-order valence-electron chi connectivity index (χ3n) is 4.23. The first-order valence-corrected chi connectivity index (χ1v) is 10.1. The van der Waals surface area contributed by atoms with Gasteiger partial charge in [-0.25, -0.2) is 13.4 Å². The van der Waals surface area contributed by atoms with E-state index in [0.29, 0.717) is 0 Å². The maximum Gasteiger partial charge on any atom is 0.210 e. The smallest absolute Gasteiger partial charge is 0.210 e. The summed E-state index contributed by atoms with van der Waals surface area (Å²) in [6.07, 6.45) is 0.946. The second-order valence-electron chi connectivity index (χ2n) is 7.00. The van der Waals surface area contributed by atoms with Gasteiger partial charge in [0, 0.05) is 12.1 Å². The number of hydrogen-bond donors (Lipinski definition) is 0. The van der Waals surface area contributed by atoms with Crippen molar-refractivity contribution < 1.29 is 8.42 Å². The first-order chi connectivity index (χ1) is 10.3. The predicted molar refractivity (Wildman–Crippen MR) is 91.1 cm³/mol. The first kappa shape index (κ1) is 15.9. The summed E-state index contributed by atoms with van der Waals surface area (Å²) in [5.41, 5.74) is 0.878. The van der Waals surface area contributed by atoms with Gasteiger partial charge < -0.3 is 0 Å². The highest BCUT2D eigenvalue weighted by atomic mass is 32.2. The predicted octanol–water partition coefficient (Wildman–Crippen LogP) is 3.19. The molecule has 0 N–H and O–H groups in total. The number of sulfone groups is 1. The summed E-state index contributed by atoms with van der Waals surface area (Å²) in [5.74, 6) is 0.413. The van der Waals surface area contributed by atoms with E-state index in [0.717, 1.165) is 29.7 Å². The molecule has 0 amide bonds. The molecule has 0 unspecified atom stereocenters. The Kier molecular flexibility index (Phi) is 4.03. The van der Waals surface area contributed by atoms with Crippen molar-refractivity contribution in [3.8, 4) is 0 Å². The lowest BCUT2D eigenvalue weighted by Crippen LogP contribution is -2.39. The second-order valence-corrected chi connectivity index (χ2v) is 10.2. The highest BCUT2D eigenvalue weighted by molar-refractivity contribution is 7.93. The molecule has 0 saturated carbocycles. The maximum atomic E-state index is 12.6. The molecular formula is C16H22N2O2S2. The van der Waals surface area contributed by atoms with E-state index in [-0.39, 0.29) is 21.5 Å². The molecule has 0 spiro atoms. The van der Waals surface area contributed by atoms with Crippen molar-refractivity contribution in [3.63, 3.8) is 0 Å². The van der Waals surface area contributed by atoms with Crippen LogP contribution in [0.2, 0.25) is 0 Å². The summed E-state index contributed by atoms with van der Waals surface area (Å²) in [6, 6.07) is 7.58. The van der Waals surface area contributed by atoms with Gasteiger partial charge in [-0.15, -0.1) is 11.3 Å². The number of para-hydroxylation sites is 1. The van der Waals surface area contributed by atoms with Crippen LogP contribution < -0.4 is 0 Å². The molecule has 0 bridgehead atoms. The van der Waals surface area contributed by atoms with Gasteiger partial charge in [0.05, 0.1) is 16.0 Å². The van der Waals surface area contributed by atoms with Crippen molar-refractivity contribution in [3.05, 3.63) is 24.3 Å². The lowest BCUT2D eigenvalue weighted by atomic mass is 10.1. The topological polar surface area (TPSA) is 50.3 Å². The van der Waals surface area contributed by atoms with Crippen LogP contribution in [0, 0.1) is 5.92 Å². The van der Waals surface area contributed by atoms with Gasteiger partial charge in [-0.3, -0.25) is 4.90 Å². The number of thiazole rings is 1. The Morgan fingerprint density at radius 3 is 2.68 bits per heavy atom. The van der Waals surface area contributed by atoms with Crippen molar-refractivity contribution in [2.45, 2.75) is 37.1 Å². The van der Waals surface area contributed by atoms with Crippen LogP contribution in [0.1, 0.15) is 27.2 Å². The Bertz CT molecular complexity index is 742. The van der Waals surface area contributed by atoms with Crippen molar-refractivity contribution in [2.24, 2.45) is 5.92 Å². The van der Waals surface area contributed by atoms with Gasteiger partial charge in [-0.2, -0.15) is 0 Å². The second kappa shape index (κ2) is 5.58. The Morgan fingerprint density at radius 2 is 2.05 bits per heavy atom. The normalized spacial score (nSPS) is 20.8. The zero-order chi connectivity index (χ0) is 16.0. The summed E-state index contributed by atoms with van der Waals surface area (Å²) >= 11 is 1.28. The summed E-state index contributed by atoms with van der Waals surface area (Å²) in [5, 5.41) is 0. The van der Waals surface area contributed by atoms with Gasteiger partial charge in [-0.05, 0) is 51.8 Å². The number of aromatic nitrogens is 1. The van der Waals surface area contributed by atoms with Crippen molar-refractivity contribution >= 4 is 31.4 Å². The fraction of sp³-hybridized carbons (Fsp3) is 0.562. The van der Waals surface area contributed by atoms with Gasteiger partial charge in [0.25, 0.3) is 0 Å². The third kappa shape index (κ3) is 3.19. The molecule has 4 nitrogen and oxygen atoms in total. The Labute approximate surface area is 136 Å². The average molecular weight is 338 g/mol. The van der Waals surface area contributed by atoms with Gasteiger partial charge in [0.1, 0.15) is 0 Å². The summed E-state index contributed by atoms with van der Waals surface area (Å²) in [4.78, 5) is 6.68. The van der Waals surface area contributed by atoms with Crippen LogP contribution in [0.5, 0.6) is 0 Å². The van der Waals surface area contributed by atoms with E-state index in [2.05, 4.69) is 30.7 Å². The largest absolute Gasteiger partial charge is 0.298 e. The Hall–Kier alpha value is -0.980. The summed E-state index contributed by atoms with van der Waals surface area (Å²) < 4.78 is 26.5. The molecule has 6 heteroatoms. The third-order valence-corrected chi connectivity index (χ3v) is 7.61. The van der Waals surface area contributed by atoms with Crippen molar-refractivity contribution in [1.29, 1.82) is 0 Å². The molecule has 1 aromatic carbocycles. The monoisotopic (exact) mass is 338 g/mol. The molecule has 2 heterocycles. The molecule has 1 aliphatic heterocycles. The molecule has 1 aliphatic rings. The minimum absolute atomic E-state index is 0.106. The van der Waals surface area contributed by atoms with Crippen LogP contribution in [-0.2, 0) is 9.84 Å². The molecular weight excluding hydrogens is 316 g/mol. The molecule has 1 aromatic heterocycles. The SMILES string of the molecule is CC(C)(C)N1CC[C@H](CS(=O)(=O)c2nc3ccccc3s2)C1. The lowest BCUT2D eigenvalue weighted by Gasteiger charge is -2.31. The molecule has 0 radical (unpaired) electrons. The molecule has 120 valence electrons. The number of hydrogen-bond acceptors (Lipinski definition) is 5. The first-order valence-electron chi connectivity index (χ1n) is 7.59. The fourth-order valence-corrected chi connectivity index (χ4v) is 5.89. The molecule has 2 aromatic rings. The molecule has 3 rings (SSSR count). The number of likely N-dealkylation sites (tertiary alicyclic amines) is 1.